The van der Waals surface area contributed by atoms with Crippen molar-refractivity contribution in [1.29, 1.82) is 5.26 Å². The predicted octanol–water partition coefficient (Wildman–Crippen LogP) is 0.517. The Bertz CT molecular complexity index is 291. The number of ether oxygens (including phenoxy) is 1. The number of carbonyl (C=O) groups is 1. The Morgan fingerprint density at radius 3 is 2.65 bits per heavy atom. The summed E-state index contributed by atoms with van der Waals surface area (Å²) in [6, 6.07) is 2.36. The van der Waals surface area contributed by atoms with E-state index in [0.717, 1.165) is 13.0 Å². The first-order chi connectivity index (χ1) is 8.13. The fourth-order valence-electron chi connectivity index (χ4n) is 2.08. The molecule has 0 spiro atoms. The van der Waals surface area contributed by atoms with Gasteiger partial charge in [0.25, 0.3) is 0 Å². The van der Waals surface area contributed by atoms with Crippen molar-refractivity contribution in [1.82, 2.24) is 10.2 Å². The Morgan fingerprint density at radius 2 is 2.18 bits per heavy atom. The highest BCUT2D eigenvalue weighted by atomic mass is 16.5. The average molecular weight is 239 g/mol. The Labute approximate surface area is 103 Å². The maximum absolute atomic E-state index is 11.2. The first-order valence-electron chi connectivity index (χ1n) is 6.04. The van der Waals surface area contributed by atoms with E-state index in [1.807, 2.05) is 0 Å². The molecular weight excluding hydrogens is 218 g/mol. The number of hydrogen-bond donors (Lipinski definition) is 1. The number of carbonyl (C=O) groups excluding carboxylic acids is 1. The maximum Gasteiger partial charge on any atom is 0.219 e. The van der Waals surface area contributed by atoms with Gasteiger partial charge in [0.05, 0.1) is 6.07 Å². The molecule has 0 aliphatic carbocycles. The molecule has 1 aliphatic rings. The summed E-state index contributed by atoms with van der Waals surface area (Å²) in [5.41, 5.74) is -0.459. The summed E-state index contributed by atoms with van der Waals surface area (Å²) in [5.74, 6) is 0.0934. The minimum atomic E-state index is -0.459. The molecule has 1 saturated heterocycles. The van der Waals surface area contributed by atoms with Crippen LogP contribution in [0.25, 0.3) is 0 Å². The van der Waals surface area contributed by atoms with Crippen LogP contribution in [0.15, 0.2) is 0 Å². The van der Waals surface area contributed by atoms with E-state index in [1.54, 1.807) is 18.9 Å². The molecule has 0 saturated carbocycles. The molecule has 1 fully saturated rings. The molecule has 1 heterocycles. The smallest absolute Gasteiger partial charge is 0.219 e. The fourth-order valence-corrected chi connectivity index (χ4v) is 2.08. The van der Waals surface area contributed by atoms with Gasteiger partial charge in [-0.15, -0.1) is 0 Å². The Morgan fingerprint density at radius 1 is 1.53 bits per heavy atom. The van der Waals surface area contributed by atoms with Crippen LogP contribution in [0.1, 0.15) is 26.2 Å². The molecule has 0 radical (unpaired) electrons. The zero-order valence-electron chi connectivity index (χ0n) is 10.7. The lowest BCUT2D eigenvalue weighted by atomic mass is 9.89. The summed E-state index contributed by atoms with van der Waals surface area (Å²) in [5, 5.41) is 12.6. The molecule has 5 heteroatoms. The molecule has 1 aliphatic heterocycles. The lowest BCUT2D eigenvalue weighted by Crippen LogP contribution is -2.53. The standard InChI is InChI=1S/C12H21N3O2/c1-11(16)15-7-4-12(10-13,5-8-15)14-6-3-9-17-2/h14H,3-9H2,1-2H3. The third-order valence-corrected chi connectivity index (χ3v) is 3.26. The van der Waals surface area contributed by atoms with Gasteiger partial charge >= 0.3 is 0 Å². The quantitative estimate of drug-likeness (QED) is 0.710. The van der Waals surface area contributed by atoms with Crippen molar-refractivity contribution < 1.29 is 9.53 Å². The van der Waals surface area contributed by atoms with Crippen LogP contribution in [0.4, 0.5) is 0 Å². The van der Waals surface area contributed by atoms with Crippen LogP contribution in [0.2, 0.25) is 0 Å². The SMILES string of the molecule is COCCCNC1(C#N)CCN(C(C)=O)CC1. The molecule has 0 unspecified atom stereocenters. The molecule has 1 N–H and O–H groups in total. The van der Waals surface area contributed by atoms with E-state index >= 15 is 0 Å². The molecule has 1 amide bonds. The topological polar surface area (TPSA) is 65.4 Å². The van der Waals surface area contributed by atoms with Crippen LogP contribution >= 0.6 is 0 Å². The van der Waals surface area contributed by atoms with Crippen molar-refractivity contribution in [2.24, 2.45) is 0 Å². The number of likely N-dealkylation sites (tertiary alicyclic amines) is 1. The highest BCUT2D eigenvalue weighted by Gasteiger charge is 2.34. The van der Waals surface area contributed by atoms with Gasteiger partial charge in [-0.3, -0.25) is 10.1 Å². The highest BCUT2D eigenvalue weighted by Crippen LogP contribution is 2.21. The van der Waals surface area contributed by atoms with Crippen molar-refractivity contribution in [2.45, 2.75) is 31.7 Å². The first kappa shape index (κ1) is 13.9. The summed E-state index contributed by atoms with van der Waals surface area (Å²) in [6.45, 7) is 4.39. The zero-order chi connectivity index (χ0) is 12.7. The predicted molar refractivity (Wildman–Crippen MR) is 64.3 cm³/mol. The maximum atomic E-state index is 11.2. The summed E-state index contributed by atoms with van der Waals surface area (Å²) in [4.78, 5) is 13.0. The molecule has 96 valence electrons. The fraction of sp³-hybridized carbons (Fsp3) is 0.833. The van der Waals surface area contributed by atoms with Gasteiger partial charge in [0.1, 0.15) is 5.54 Å². The van der Waals surface area contributed by atoms with Crippen molar-refractivity contribution >= 4 is 5.91 Å². The second-order valence-electron chi connectivity index (χ2n) is 4.47. The van der Waals surface area contributed by atoms with Gasteiger partial charge in [-0.05, 0) is 25.8 Å². The number of piperidine rings is 1. The Hall–Kier alpha value is -1.12. The van der Waals surface area contributed by atoms with Gasteiger partial charge in [0.15, 0.2) is 0 Å². The molecular formula is C12H21N3O2. The number of amides is 1. The van der Waals surface area contributed by atoms with Gasteiger partial charge in [-0.2, -0.15) is 5.26 Å². The second-order valence-corrected chi connectivity index (χ2v) is 4.47. The van der Waals surface area contributed by atoms with Crippen LogP contribution in [-0.4, -0.2) is 49.7 Å². The number of rotatable bonds is 5. The lowest BCUT2D eigenvalue weighted by molar-refractivity contribution is -0.130. The molecule has 0 aromatic heterocycles. The zero-order valence-corrected chi connectivity index (χ0v) is 10.7. The van der Waals surface area contributed by atoms with E-state index in [1.165, 1.54) is 0 Å². The molecule has 17 heavy (non-hydrogen) atoms. The van der Waals surface area contributed by atoms with E-state index in [9.17, 15) is 10.1 Å². The molecule has 0 aromatic rings. The van der Waals surface area contributed by atoms with E-state index in [2.05, 4.69) is 11.4 Å². The lowest BCUT2D eigenvalue weighted by Gasteiger charge is -2.37. The van der Waals surface area contributed by atoms with Crippen LogP contribution in [0.5, 0.6) is 0 Å². The largest absolute Gasteiger partial charge is 0.385 e. The summed E-state index contributed by atoms with van der Waals surface area (Å²) < 4.78 is 4.97. The van der Waals surface area contributed by atoms with E-state index in [-0.39, 0.29) is 5.91 Å². The normalized spacial score (nSPS) is 18.8. The number of nitrogens with zero attached hydrogens (tertiary/aromatic N) is 2. The van der Waals surface area contributed by atoms with Gasteiger partial charge in [-0.1, -0.05) is 0 Å². The van der Waals surface area contributed by atoms with E-state index in [4.69, 9.17) is 4.74 Å². The Kier molecular flexibility index (Phi) is 5.39. The summed E-state index contributed by atoms with van der Waals surface area (Å²) in [7, 11) is 1.67. The minimum absolute atomic E-state index is 0.0934. The number of nitrogens with one attached hydrogen (secondary N) is 1. The number of hydrogen-bond acceptors (Lipinski definition) is 4. The Balaban J connectivity index is 2.39. The molecule has 0 aromatic carbocycles. The van der Waals surface area contributed by atoms with Crippen molar-refractivity contribution in [3.8, 4) is 6.07 Å². The van der Waals surface area contributed by atoms with Crippen LogP contribution in [0, 0.1) is 11.3 Å². The monoisotopic (exact) mass is 239 g/mol. The van der Waals surface area contributed by atoms with Crippen LogP contribution in [0.3, 0.4) is 0 Å². The van der Waals surface area contributed by atoms with E-state index < -0.39 is 5.54 Å². The molecule has 5 nitrogen and oxygen atoms in total. The van der Waals surface area contributed by atoms with Crippen molar-refractivity contribution in [3.05, 3.63) is 0 Å². The number of methoxy groups -OCH3 is 1. The van der Waals surface area contributed by atoms with Crippen molar-refractivity contribution in [3.63, 3.8) is 0 Å². The third-order valence-electron chi connectivity index (χ3n) is 3.26. The van der Waals surface area contributed by atoms with Gasteiger partial charge in [0.2, 0.25) is 5.91 Å². The molecule has 1 rings (SSSR count). The minimum Gasteiger partial charge on any atom is -0.385 e. The van der Waals surface area contributed by atoms with Crippen LogP contribution < -0.4 is 5.32 Å². The average Bonchev–Trinajstić information content (AvgIpc) is 2.35. The number of nitriles is 1. The summed E-state index contributed by atoms with van der Waals surface area (Å²) >= 11 is 0. The first-order valence-corrected chi connectivity index (χ1v) is 6.04. The molecule has 0 atom stereocenters. The van der Waals surface area contributed by atoms with Crippen LogP contribution in [-0.2, 0) is 9.53 Å². The molecule has 0 bridgehead atoms. The third kappa shape index (κ3) is 3.99. The summed E-state index contributed by atoms with van der Waals surface area (Å²) in [6.07, 6.45) is 2.31. The van der Waals surface area contributed by atoms with Gasteiger partial charge < -0.3 is 9.64 Å². The van der Waals surface area contributed by atoms with E-state index in [0.29, 0.717) is 32.5 Å². The second kappa shape index (κ2) is 6.58. The van der Waals surface area contributed by atoms with Crippen molar-refractivity contribution in [2.75, 3.05) is 33.4 Å². The highest BCUT2D eigenvalue weighted by molar-refractivity contribution is 5.73. The van der Waals surface area contributed by atoms with Gasteiger partial charge in [-0.25, -0.2) is 0 Å². The van der Waals surface area contributed by atoms with Gasteiger partial charge in [0, 0.05) is 33.7 Å².